The predicted molar refractivity (Wildman–Crippen MR) is 127 cm³/mol. The second-order valence-corrected chi connectivity index (χ2v) is 9.10. The maximum atomic E-state index is 12.6. The van der Waals surface area contributed by atoms with E-state index in [1.165, 1.54) is 0 Å². The Labute approximate surface area is 198 Å². The van der Waals surface area contributed by atoms with Crippen molar-refractivity contribution in [3.63, 3.8) is 0 Å². The Kier molecular flexibility index (Phi) is 6.35. The van der Waals surface area contributed by atoms with Gasteiger partial charge in [-0.25, -0.2) is 4.79 Å². The number of ether oxygens (including phenoxy) is 1. The van der Waals surface area contributed by atoms with Crippen molar-refractivity contribution in [1.82, 2.24) is 20.4 Å². The highest BCUT2D eigenvalue weighted by molar-refractivity contribution is 5.96. The van der Waals surface area contributed by atoms with Gasteiger partial charge in [-0.1, -0.05) is 0 Å². The molecular weight excluding hydrogens is 434 g/mol. The van der Waals surface area contributed by atoms with Crippen LogP contribution in [0.1, 0.15) is 23.2 Å². The zero-order valence-corrected chi connectivity index (χ0v) is 19.0. The first-order valence-electron chi connectivity index (χ1n) is 11.7. The fraction of sp³-hybridized carbons (Fsp3) is 0.400. The molecule has 5 rings (SSSR count). The van der Waals surface area contributed by atoms with Crippen molar-refractivity contribution in [3.05, 3.63) is 65.7 Å². The van der Waals surface area contributed by atoms with E-state index in [0.29, 0.717) is 44.1 Å². The minimum atomic E-state index is -0.224. The van der Waals surface area contributed by atoms with Gasteiger partial charge >= 0.3 is 6.03 Å². The fourth-order valence-corrected chi connectivity index (χ4v) is 4.69. The predicted octanol–water partition coefficient (Wildman–Crippen LogP) is 2.03. The van der Waals surface area contributed by atoms with E-state index in [4.69, 9.17) is 4.74 Å². The second-order valence-electron chi connectivity index (χ2n) is 9.10. The summed E-state index contributed by atoms with van der Waals surface area (Å²) in [7, 11) is 0. The molecule has 9 nitrogen and oxygen atoms in total. The first-order valence-corrected chi connectivity index (χ1v) is 11.7. The summed E-state index contributed by atoms with van der Waals surface area (Å²) in [6, 6.07) is 6.63. The number of hydrogen-bond donors (Lipinski definition) is 3. The van der Waals surface area contributed by atoms with Crippen LogP contribution in [0.2, 0.25) is 0 Å². The van der Waals surface area contributed by atoms with Crippen molar-refractivity contribution in [2.45, 2.75) is 12.8 Å². The third-order valence-electron chi connectivity index (χ3n) is 6.71. The van der Waals surface area contributed by atoms with Crippen LogP contribution < -0.4 is 16.0 Å². The second kappa shape index (κ2) is 9.72. The molecule has 2 fully saturated rings. The Balaban J connectivity index is 1.08. The zero-order valence-electron chi connectivity index (χ0n) is 19.0. The summed E-state index contributed by atoms with van der Waals surface area (Å²) in [5.41, 5.74) is 3.23. The quantitative estimate of drug-likeness (QED) is 0.620. The Morgan fingerprint density at radius 2 is 2.00 bits per heavy atom. The molecule has 0 aromatic heterocycles. The van der Waals surface area contributed by atoms with Gasteiger partial charge in [0.1, 0.15) is 0 Å². The van der Waals surface area contributed by atoms with Crippen LogP contribution in [0.3, 0.4) is 0 Å². The number of dihydropyridines is 1. The van der Waals surface area contributed by atoms with Crippen molar-refractivity contribution in [3.8, 4) is 0 Å². The summed E-state index contributed by atoms with van der Waals surface area (Å²) in [5.74, 6) is 0.265. The summed E-state index contributed by atoms with van der Waals surface area (Å²) in [5, 5.41) is 8.87. The maximum absolute atomic E-state index is 12.6. The average Bonchev–Trinajstić information content (AvgIpc) is 3.63. The van der Waals surface area contributed by atoms with E-state index in [9.17, 15) is 14.4 Å². The molecule has 0 bridgehead atoms. The molecule has 4 aliphatic rings. The smallest absolute Gasteiger partial charge is 0.326 e. The fourth-order valence-electron chi connectivity index (χ4n) is 4.69. The lowest BCUT2D eigenvalue weighted by molar-refractivity contribution is -0.134. The molecule has 1 aromatic carbocycles. The molecule has 4 heterocycles. The number of nitrogens with one attached hydrogen (secondary N) is 3. The number of urea groups is 1. The van der Waals surface area contributed by atoms with Crippen LogP contribution in [0.25, 0.3) is 0 Å². The van der Waals surface area contributed by atoms with Crippen LogP contribution in [0, 0.1) is 11.8 Å². The van der Waals surface area contributed by atoms with Crippen LogP contribution in [-0.4, -0.2) is 67.0 Å². The standard InChI is InChI=1S/C25H29N5O4/c31-23(27-11-17-6-9-29(13-17)24(32)20-7-10-34-16-20)18-1-3-22(4-2-18)28-25(33)30-14-19-5-8-26-12-21(19)15-30/h1-5,8,12,14,17,20,26H,6-7,9-11,13,15-16H2,(H,27,31)(H,28,33). The molecule has 9 heteroatoms. The van der Waals surface area contributed by atoms with Crippen molar-refractivity contribution in [2.24, 2.45) is 11.8 Å². The van der Waals surface area contributed by atoms with Gasteiger partial charge < -0.3 is 25.6 Å². The number of carbonyl (C=O) groups excluding carboxylic acids is 3. The normalized spacial score (nSPS) is 23.2. The SMILES string of the molecule is O=C(NCC1CCN(C(=O)C2CCOC2)C1)c1ccc(NC(=O)N2C=C3C=CNC=C3C2)cc1. The van der Waals surface area contributed by atoms with E-state index in [1.807, 2.05) is 29.6 Å². The van der Waals surface area contributed by atoms with E-state index < -0.39 is 0 Å². The van der Waals surface area contributed by atoms with Crippen LogP contribution in [-0.2, 0) is 9.53 Å². The number of benzene rings is 1. The van der Waals surface area contributed by atoms with Crippen LogP contribution in [0.15, 0.2) is 60.1 Å². The number of hydrogen-bond acceptors (Lipinski definition) is 5. The van der Waals surface area contributed by atoms with E-state index in [0.717, 1.165) is 30.5 Å². The van der Waals surface area contributed by atoms with Crippen LogP contribution >= 0.6 is 0 Å². The van der Waals surface area contributed by atoms with Gasteiger partial charge in [0.15, 0.2) is 0 Å². The summed E-state index contributed by atoms with van der Waals surface area (Å²) in [4.78, 5) is 41.2. The summed E-state index contributed by atoms with van der Waals surface area (Å²) in [6.07, 6.45) is 9.16. The van der Waals surface area contributed by atoms with Crippen LogP contribution in [0.5, 0.6) is 0 Å². The minimum absolute atomic E-state index is 0.00969. The Morgan fingerprint density at radius 3 is 2.76 bits per heavy atom. The number of nitrogens with zero attached hydrogens (tertiary/aromatic N) is 2. The summed E-state index contributed by atoms with van der Waals surface area (Å²) >= 11 is 0. The average molecular weight is 464 g/mol. The van der Waals surface area contributed by atoms with E-state index in [2.05, 4.69) is 16.0 Å². The molecule has 2 saturated heterocycles. The number of allylic oxidation sites excluding steroid dienone is 1. The molecular formula is C25H29N5O4. The highest BCUT2D eigenvalue weighted by Crippen LogP contribution is 2.24. The van der Waals surface area contributed by atoms with E-state index >= 15 is 0 Å². The summed E-state index contributed by atoms with van der Waals surface area (Å²) < 4.78 is 5.33. The molecule has 178 valence electrons. The highest BCUT2D eigenvalue weighted by Gasteiger charge is 2.32. The number of amides is 4. The van der Waals surface area contributed by atoms with Gasteiger partial charge in [-0.15, -0.1) is 0 Å². The van der Waals surface area contributed by atoms with Crippen molar-refractivity contribution in [2.75, 3.05) is 44.7 Å². The molecule has 34 heavy (non-hydrogen) atoms. The number of fused-ring (bicyclic) bond motifs is 1. The van der Waals surface area contributed by atoms with Gasteiger partial charge in [0.2, 0.25) is 5.91 Å². The zero-order chi connectivity index (χ0) is 23.5. The molecule has 2 unspecified atom stereocenters. The largest absolute Gasteiger partial charge is 0.381 e. The van der Waals surface area contributed by atoms with Gasteiger partial charge in [0.05, 0.1) is 19.1 Å². The van der Waals surface area contributed by atoms with Crippen molar-refractivity contribution < 1.29 is 19.1 Å². The topological polar surface area (TPSA) is 103 Å². The lowest BCUT2D eigenvalue weighted by Crippen LogP contribution is -2.36. The first kappa shape index (κ1) is 22.2. The van der Waals surface area contributed by atoms with Gasteiger partial charge in [0.25, 0.3) is 5.91 Å². The lowest BCUT2D eigenvalue weighted by Gasteiger charge is -2.20. The van der Waals surface area contributed by atoms with E-state index in [-0.39, 0.29) is 29.7 Å². The van der Waals surface area contributed by atoms with Gasteiger partial charge in [-0.05, 0) is 60.2 Å². The third kappa shape index (κ3) is 4.84. The van der Waals surface area contributed by atoms with E-state index in [1.54, 1.807) is 29.2 Å². The molecule has 0 aliphatic carbocycles. The third-order valence-corrected chi connectivity index (χ3v) is 6.71. The molecule has 3 N–H and O–H groups in total. The lowest BCUT2D eigenvalue weighted by atomic mass is 10.1. The number of anilines is 1. The van der Waals surface area contributed by atoms with Crippen LogP contribution in [0.4, 0.5) is 10.5 Å². The molecule has 0 spiro atoms. The van der Waals surface area contributed by atoms with Crippen molar-refractivity contribution >= 4 is 23.5 Å². The van der Waals surface area contributed by atoms with Gasteiger partial charge in [0, 0.05) is 56.1 Å². The first-order chi connectivity index (χ1) is 16.6. The Bertz CT molecular complexity index is 1060. The monoisotopic (exact) mass is 463 g/mol. The highest BCUT2D eigenvalue weighted by atomic mass is 16.5. The Hall–Kier alpha value is -3.59. The molecule has 0 radical (unpaired) electrons. The molecule has 1 aromatic rings. The molecule has 0 saturated carbocycles. The minimum Gasteiger partial charge on any atom is -0.381 e. The number of carbonyl (C=O) groups is 3. The number of rotatable bonds is 5. The molecule has 4 aliphatic heterocycles. The van der Waals surface area contributed by atoms with Crippen molar-refractivity contribution in [1.29, 1.82) is 0 Å². The van der Waals surface area contributed by atoms with Gasteiger partial charge in [-0.2, -0.15) is 0 Å². The molecule has 2 atom stereocenters. The van der Waals surface area contributed by atoms with Gasteiger partial charge in [-0.3, -0.25) is 14.5 Å². The molecule has 4 amide bonds. The maximum Gasteiger partial charge on any atom is 0.326 e. The Morgan fingerprint density at radius 1 is 1.15 bits per heavy atom. The summed E-state index contributed by atoms with van der Waals surface area (Å²) in [6.45, 7) is 3.65. The number of likely N-dealkylation sites (tertiary alicyclic amines) is 1.